The predicted octanol–water partition coefficient (Wildman–Crippen LogP) is -0.160. The molecule has 0 aromatic heterocycles. The van der Waals surface area contributed by atoms with Gasteiger partial charge in [-0.2, -0.15) is 0 Å². The topological polar surface area (TPSA) is 81.1 Å². The van der Waals surface area contributed by atoms with Gasteiger partial charge in [0, 0.05) is 5.56 Å². The molecule has 1 aliphatic heterocycles. The molecule has 0 fully saturated rings. The average Bonchev–Trinajstić information content (AvgIpc) is 2.55. The number of amides is 2. The maximum absolute atomic E-state index is 12.0. The molecular formula is C17H24N3O4+. The molecule has 1 aliphatic rings. The first-order valence-corrected chi connectivity index (χ1v) is 7.91. The zero-order valence-corrected chi connectivity index (χ0v) is 14.3. The Hall–Kier alpha value is -2.54. The van der Waals surface area contributed by atoms with Crippen molar-refractivity contribution in [2.75, 3.05) is 33.9 Å². The van der Waals surface area contributed by atoms with Crippen molar-refractivity contribution in [2.24, 2.45) is 0 Å². The second-order valence-corrected chi connectivity index (χ2v) is 5.65. The number of esters is 1. The highest BCUT2D eigenvalue weighted by Crippen LogP contribution is 2.11. The van der Waals surface area contributed by atoms with Gasteiger partial charge in [-0.25, -0.2) is 9.59 Å². The Morgan fingerprint density at radius 3 is 2.83 bits per heavy atom. The summed E-state index contributed by atoms with van der Waals surface area (Å²) in [5.74, 6) is 0.413. The van der Waals surface area contributed by atoms with Gasteiger partial charge in [-0.3, -0.25) is 0 Å². The van der Waals surface area contributed by atoms with Gasteiger partial charge in [0.25, 0.3) is 0 Å². The lowest BCUT2D eigenvalue weighted by molar-refractivity contribution is -0.889. The van der Waals surface area contributed by atoms with Crippen LogP contribution in [0, 0.1) is 0 Å². The van der Waals surface area contributed by atoms with Crippen LogP contribution in [-0.4, -0.2) is 45.9 Å². The average molecular weight is 334 g/mol. The van der Waals surface area contributed by atoms with Crippen molar-refractivity contribution >= 4 is 12.0 Å². The van der Waals surface area contributed by atoms with Crippen molar-refractivity contribution in [2.45, 2.75) is 13.5 Å². The van der Waals surface area contributed by atoms with E-state index in [2.05, 4.69) is 10.6 Å². The van der Waals surface area contributed by atoms with Crippen molar-refractivity contribution in [1.82, 2.24) is 10.6 Å². The standard InChI is InChI=1S/C17H23N3O4/c1-4-24-16(21)14-9-18-17(22)19-15(14)11-20(2)10-12-6-5-7-13(8-12)23-3/h5-8H,4,9-11H2,1-3H3,(H2,18,19,22)/p+1. The molecule has 2 rings (SSSR count). The molecule has 1 aromatic rings. The molecule has 1 unspecified atom stereocenters. The quantitative estimate of drug-likeness (QED) is 0.605. The first-order chi connectivity index (χ1) is 11.5. The van der Waals surface area contributed by atoms with Crippen molar-refractivity contribution in [1.29, 1.82) is 0 Å². The molecule has 1 heterocycles. The number of carbonyl (C=O) groups is 2. The first-order valence-electron chi connectivity index (χ1n) is 7.91. The molecule has 7 heteroatoms. The Bertz CT molecular complexity index is 642. The van der Waals surface area contributed by atoms with Crippen LogP contribution in [0.15, 0.2) is 35.5 Å². The van der Waals surface area contributed by atoms with Crippen LogP contribution in [-0.2, 0) is 16.1 Å². The number of carbonyl (C=O) groups excluding carboxylic acids is 2. The predicted molar refractivity (Wildman–Crippen MR) is 88.6 cm³/mol. The summed E-state index contributed by atoms with van der Waals surface area (Å²) in [6.07, 6.45) is 0. The van der Waals surface area contributed by atoms with Crippen LogP contribution in [0.5, 0.6) is 5.75 Å². The molecule has 7 nitrogen and oxygen atoms in total. The highest BCUT2D eigenvalue weighted by Gasteiger charge is 2.25. The van der Waals surface area contributed by atoms with Crippen LogP contribution in [0.2, 0.25) is 0 Å². The molecule has 1 atom stereocenters. The number of urea groups is 1. The Kier molecular flexibility index (Phi) is 6.20. The second-order valence-electron chi connectivity index (χ2n) is 5.65. The molecule has 0 bridgehead atoms. The summed E-state index contributed by atoms with van der Waals surface area (Å²) in [6, 6.07) is 7.54. The van der Waals surface area contributed by atoms with Crippen LogP contribution in [0.1, 0.15) is 12.5 Å². The van der Waals surface area contributed by atoms with Crippen LogP contribution >= 0.6 is 0 Å². The number of nitrogens with one attached hydrogen (secondary N) is 3. The third-order valence-electron chi connectivity index (χ3n) is 3.69. The SMILES string of the molecule is CCOC(=O)C1=C(C[NH+](C)Cc2cccc(OC)c2)NC(=O)NC1. The molecule has 0 aliphatic carbocycles. The minimum Gasteiger partial charge on any atom is -0.497 e. The summed E-state index contributed by atoms with van der Waals surface area (Å²) < 4.78 is 10.3. The van der Waals surface area contributed by atoms with Gasteiger partial charge in [-0.1, -0.05) is 12.1 Å². The lowest BCUT2D eigenvalue weighted by atomic mass is 10.1. The summed E-state index contributed by atoms with van der Waals surface area (Å²) in [4.78, 5) is 24.8. The maximum atomic E-state index is 12.0. The van der Waals surface area contributed by atoms with Gasteiger partial charge in [-0.15, -0.1) is 0 Å². The zero-order chi connectivity index (χ0) is 17.5. The molecular weight excluding hydrogens is 310 g/mol. The van der Waals surface area contributed by atoms with Crippen molar-refractivity contribution < 1.29 is 24.0 Å². The molecule has 130 valence electrons. The van der Waals surface area contributed by atoms with Crippen molar-refractivity contribution in [3.05, 3.63) is 41.1 Å². The fraction of sp³-hybridized carbons (Fsp3) is 0.412. The smallest absolute Gasteiger partial charge is 0.337 e. The minimum atomic E-state index is -0.394. The number of likely N-dealkylation sites (N-methyl/N-ethyl adjacent to an activating group) is 1. The Balaban J connectivity index is 2.09. The van der Waals surface area contributed by atoms with E-state index in [9.17, 15) is 9.59 Å². The molecule has 0 radical (unpaired) electrons. The normalized spacial score (nSPS) is 15.4. The molecule has 0 saturated carbocycles. The number of methoxy groups -OCH3 is 1. The van der Waals surface area contributed by atoms with Crippen molar-refractivity contribution in [3.8, 4) is 5.75 Å². The van der Waals surface area contributed by atoms with E-state index in [4.69, 9.17) is 9.47 Å². The Labute approximate surface area is 141 Å². The van der Waals surface area contributed by atoms with E-state index in [0.717, 1.165) is 22.8 Å². The molecule has 3 N–H and O–H groups in total. The summed E-state index contributed by atoms with van der Waals surface area (Å²) >= 11 is 0. The molecule has 1 aromatic carbocycles. The number of hydrogen-bond donors (Lipinski definition) is 3. The lowest BCUT2D eigenvalue weighted by Crippen LogP contribution is -3.08. The van der Waals surface area contributed by atoms with Gasteiger partial charge < -0.3 is 25.0 Å². The third-order valence-corrected chi connectivity index (χ3v) is 3.69. The molecule has 0 spiro atoms. The summed E-state index contributed by atoms with van der Waals surface area (Å²) in [7, 11) is 3.64. The van der Waals surface area contributed by atoms with Crippen molar-refractivity contribution in [3.63, 3.8) is 0 Å². The number of ether oxygens (including phenoxy) is 2. The minimum absolute atomic E-state index is 0.187. The van der Waals surface area contributed by atoms with E-state index in [1.54, 1.807) is 14.0 Å². The first kappa shape index (κ1) is 17.8. The van der Waals surface area contributed by atoms with Gasteiger partial charge in [0.2, 0.25) is 0 Å². The van der Waals surface area contributed by atoms with E-state index < -0.39 is 5.97 Å². The third kappa shape index (κ3) is 4.73. The maximum Gasteiger partial charge on any atom is 0.337 e. The fourth-order valence-corrected chi connectivity index (χ4v) is 2.59. The fourth-order valence-electron chi connectivity index (χ4n) is 2.59. The summed E-state index contributed by atoms with van der Waals surface area (Å²) in [5, 5.41) is 5.33. The lowest BCUT2D eigenvalue weighted by Gasteiger charge is -2.23. The highest BCUT2D eigenvalue weighted by atomic mass is 16.5. The molecule has 2 amide bonds. The second kappa shape index (κ2) is 8.35. The van der Waals surface area contributed by atoms with Crippen LogP contribution in [0.3, 0.4) is 0 Å². The largest absolute Gasteiger partial charge is 0.497 e. The van der Waals surface area contributed by atoms with Crippen LogP contribution in [0.25, 0.3) is 0 Å². The summed E-state index contributed by atoms with van der Waals surface area (Å²) in [6.45, 7) is 3.49. The van der Waals surface area contributed by atoms with E-state index in [-0.39, 0.29) is 12.6 Å². The van der Waals surface area contributed by atoms with Gasteiger partial charge in [0.05, 0.1) is 38.6 Å². The van der Waals surface area contributed by atoms with Gasteiger partial charge >= 0.3 is 12.0 Å². The van der Waals surface area contributed by atoms with E-state index >= 15 is 0 Å². The Morgan fingerprint density at radius 2 is 2.12 bits per heavy atom. The van der Waals surface area contributed by atoms with Gasteiger partial charge in [0.15, 0.2) is 0 Å². The number of quaternary nitrogens is 1. The monoisotopic (exact) mass is 334 g/mol. The number of hydrogen-bond acceptors (Lipinski definition) is 4. The van der Waals surface area contributed by atoms with Gasteiger partial charge in [-0.05, 0) is 19.1 Å². The summed E-state index contributed by atoms with van der Waals surface area (Å²) in [5.41, 5.74) is 2.20. The highest BCUT2D eigenvalue weighted by molar-refractivity contribution is 5.93. The van der Waals surface area contributed by atoms with Gasteiger partial charge in [0.1, 0.15) is 18.8 Å². The van der Waals surface area contributed by atoms with E-state index in [1.807, 2.05) is 31.3 Å². The van der Waals surface area contributed by atoms with E-state index in [1.165, 1.54) is 0 Å². The van der Waals surface area contributed by atoms with E-state index in [0.29, 0.717) is 24.4 Å². The molecule has 24 heavy (non-hydrogen) atoms. The van der Waals surface area contributed by atoms with Crippen LogP contribution < -0.4 is 20.3 Å². The Morgan fingerprint density at radius 1 is 1.33 bits per heavy atom. The van der Waals surface area contributed by atoms with Crippen LogP contribution in [0.4, 0.5) is 4.79 Å². The number of rotatable bonds is 7. The molecule has 0 saturated heterocycles. The number of benzene rings is 1. The zero-order valence-electron chi connectivity index (χ0n) is 14.3.